The summed E-state index contributed by atoms with van der Waals surface area (Å²) in [6, 6.07) is 0. The predicted octanol–water partition coefficient (Wildman–Crippen LogP) is 2.61. The Hall–Kier alpha value is -0.583. The lowest BCUT2D eigenvalue weighted by molar-refractivity contribution is 0.286. The molecule has 0 saturated heterocycles. The molecule has 0 amide bonds. The van der Waals surface area contributed by atoms with Crippen LogP contribution in [0.2, 0.25) is 13.1 Å². The van der Waals surface area contributed by atoms with E-state index >= 15 is 0 Å². The highest BCUT2D eigenvalue weighted by Crippen LogP contribution is 2.31. The van der Waals surface area contributed by atoms with Crippen LogP contribution < -0.4 is 0 Å². The third kappa shape index (κ3) is 3.98. The van der Waals surface area contributed by atoms with Gasteiger partial charge < -0.3 is 13.9 Å². The van der Waals surface area contributed by atoms with Gasteiger partial charge in [-0.25, -0.2) is 0 Å². The number of furan rings is 1. The zero-order valence-corrected chi connectivity index (χ0v) is 12.7. The minimum absolute atomic E-state index is 0.0226. The van der Waals surface area contributed by atoms with Gasteiger partial charge in [0.25, 0.3) is 0 Å². The van der Waals surface area contributed by atoms with Crippen molar-refractivity contribution in [2.45, 2.75) is 52.3 Å². The first-order valence-electron chi connectivity index (χ1n) is 6.18. The van der Waals surface area contributed by atoms with Gasteiger partial charge in [0, 0.05) is 17.5 Å². The van der Waals surface area contributed by atoms with Crippen molar-refractivity contribution in [3.8, 4) is 0 Å². The summed E-state index contributed by atoms with van der Waals surface area (Å²) < 4.78 is 11.3. The molecule has 0 aromatic carbocycles. The molecule has 1 N–H and O–H groups in total. The van der Waals surface area contributed by atoms with Gasteiger partial charge in [-0.3, -0.25) is 0 Å². The fourth-order valence-electron chi connectivity index (χ4n) is 1.99. The Kier molecular flexibility index (Phi) is 4.98. The molecule has 4 heteroatoms. The molecule has 0 unspecified atom stereocenters. The van der Waals surface area contributed by atoms with Crippen molar-refractivity contribution < 1.29 is 13.9 Å². The third-order valence-corrected chi connectivity index (χ3v) is 3.44. The van der Waals surface area contributed by atoms with Crippen molar-refractivity contribution in [3.63, 3.8) is 0 Å². The predicted molar refractivity (Wildman–Crippen MR) is 71.9 cm³/mol. The van der Waals surface area contributed by atoms with Crippen LogP contribution in [-0.2, 0) is 22.9 Å². The van der Waals surface area contributed by atoms with Crippen molar-refractivity contribution in [1.82, 2.24) is 0 Å². The maximum absolute atomic E-state index is 9.05. The number of hydrogen-bond acceptors (Lipinski definition) is 3. The number of aliphatic hydroxyl groups is 1. The van der Waals surface area contributed by atoms with E-state index in [4.69, 9.17) is 13.9 Å². The van der Waals surface area contributed by atoms with Gasteiger partial charge in [0.15, 0.2) is 9.04 Å². The zero-order chi connectivity index (χ0) is 13.1. The largest absolute Gasteiger partial charge is 0.469 e. The first kappa shape index (κ1) is 14.5. The van der Waals surface area contributed by atoms with Crippen LogP contribution in [0.25, 0.3) is 0 Å². The van der Waals surface area contributed by atoms with Crippen LogP contribution >= 0.6 is 0 Å². The molecule has 1 aromatic rings. The normalized spacial score (nSPS) is 12.4. The molecule has 0 radical (unpaired) electrons. The summed E-state index contributed by atoms with van der Waals surface area (Å²) >= 11 is 0. The summed E-state index contributed by atoms with van der Waals surface area (Å²) in [6.45, 7) is 11.6. The van der Waals surface area contributed by atoms with E-state index in [1.54, 1.807) is 6.26 Å². The van der Waals surface area contributed by atoms with Crippen molar-refractivity contribution in [1.29, 1.82) is 0 Å². The van der Waals surface area contributed by atoms with Crippen molar-refractivity contribution in [2.24, 2.45) is 0 Å². The maximum Gasteiger partial charge on any atom is 0.171 e. The minimum Gasteiger partial charge on any atom is -0.469 e. The molecule has 0 saturated carbocycles. The minimum atomic E-state index is -1.01. The summed E-state index contributed by atoms with van der Waals surface area (Å²) in [6.07, 6.45) is 2.36. The molecule has 0 spiro atoms. The molecule has 1 rings (SSSR count). The van der Waals surface area contributed by atoms with Crippen LogP contribution in [0.3, 0.4) is 0 Å². The quantitative estimate of drug-likeness (QED) is 0.824. The van der Waals surface area contributed by atoms with Gasteiger partial charge in [-0.1, -0.05) is 20.8 Å². The van der Waals surface area contributed by atoms with Crippen molar-refractivity contribution in [2.75, 3.05) is 6.61 Å². The summed E-state index contributed by atoms with van der Waals surface area (Å²) in [5.41, 5.74) is 2.35. The fourth-order valence-corrected chi connectivity index (χ4v) is 2.50. The summed E-state index contributed by atoms with van der Waals surface area (Å²) in [5.74, 6) is 0.893. The number of aliphatic hydroxyl groups excluding tert-OH is 1. The van der Waals surface area contributed by atoms with Crippen molar-refractivity contribution >= 4 is 9.04 Å². The molecule has 0 atom stereocenters. The van der Waals surface area contributed by atoms with Crippen LogP contribution in [0.1, 0.15) is 37.7 Å². The summed E-state index contributed by atoms with van der Waals surface area (Å²) in [7, 11) is -1.01. The van der Waals surface area contributed by atoms with Gasteiger partial charge in [0.05, 0.1) is 19.5 Å². The van der Waals surface area contributed by atoms with E-state index in [-0.39, 0.29) is 12.0 Å². The summed E-state index contributed by atoms with van der Waals surface area (Å²) in [5, 5.41) is 9.05. The van der Waals surface area contributed by atoms with Gasteiger partial charge in [0.1, 0.15) is 5.76 Å². The lowest BCUT2D eigenvalue weighted by Gasteiger charge is -2.21. The average Bonchev–Trinajstić information content (AvgIpc) is 2.58. The highest BCUT2D eigenvalue weighted by Gasteiger charge is 2.25. The Morgan fingerprint density at radius 3 is 2.47 bits per heavy atom. The summed E-state index contributed by atoms with van der Waals surface area (Å²) in [4.78, 5) is 0. The van der Waals surface area contributed by atoms with Gasteiger partial charge in [-0.15, -0.1) is 0 Å². The molecule has 0 aliphatic rings. The molecular weight excluding hydrogens is 232 g/mol. The molecule has 0 aliphatic carbocycles. The molecular formula is C13H24O3Si. The molecule has 0 fully saturated rings. The first-order chi connectivity index (χ1) is 7.86. The Balaban J connectivity index is 2.97. The smallest absolute Gasteiger partial charge is 0.171 e. The second-order valence-corrected chi connectivity index (χ2v) is 8.07. The van der Waals surface area contributed by atoms with Gasteiger partial charge >= 0.3 is 0 Å². The lowest BCUT2D eigenvalue weighted by atomic mass is 9.84. The van der Waals surface area contributed by atoms with E-state index in [0.717, 1.165) is 11.3 Å². The second-order valence-electron chi connectivity index (χ2n) is 5.64. The Bertz CT molecular complexity index is 350. The van der Waals surface area contributed by atoms with Crippen LogP contribution in [0.4, 0.5) is 0 Å². The van der Waals surface area contributed by atoms with Crippen LogP contribution in [0.5, 0.6) is 0 Å². The molecule has 17 heavy (non-hydrogen) atoms. The standard InChI is InChI=1S/C13H24O3Si/c1-13(2,3)12-10(9-16-17(4)5)8-15-11(12)6-7-14/h8,14,17H,6-7,9H2,1-5H3. The molecule has 1 heterocycles. The Morgan fingerprint density at radius 1 is 1.35 bits per heavy atom. The monoisotopic (exact) mass is 256 g/mol. The van der Waals surface area contributed by atoms with Crippen LogP contribution in [0, 0.1) is 0 Å². The molecule has 0 bridgehead atoms. The maximum atomic E-state index is 9.05. The SMILES string of the molecule is C[SiH](C)OCc1coc(CCO)c1C(C)(C)C. The van der Waals surface area contributed by atoms with Crippen LogP contribution in [0.15, 0.2) is 10.7 Å². The van der Waals surface area contributed by atoms with Crippen LogP contribution in [-0.4, -0.2) is 20.8 Å². The average molecular weight is 256 g/mol. The van der Waals surface area contributed by atoms with E-state index < -0.39 is 9.04 Å². The fraction of sp³-hybridized carbons (Fsp3) is 0.692. The van der Waals surface area contributed by atoms with E-state index in [9.17, 15) is 0 Å². The van der Waals surface area contributed by atoms with Crippen molar-refractivity contribution in [3.05, 3.63) is 23.2 Å². The Labute approximate surface area is 106 Å². The highest BCUT2D eigenvalue weighted by molar-refractivity contribution is 6.48. The van der Waals surface area contributed by atoms with Gasteiger partial charge in [-0.2, -0.15) is 0 Å². The second kappa shape index (κ2) is 5.84. The molecule has 3 nitrogen and oxygen atoms in total. The molecule has 1 aromatic heterocycles. The van der Waals surface area contributed by atoms with E-state index in [2.05, 4.69) is 33.9 Å². The van der Waals surface area contributed by atoms with Gasteiger partial charge in [-0.05, 0) is 18.5 Å². The topological polar surface area (TPSA) is 42.6 Å². The zero-order valence-electron chi connectivity index (χ0n) is 11.5. The van der Waals surface area contributed by atoms with E-state index in [1.165, 1.54) is 5.56 Å². The lowest BCUT2D eigenvalue weighted by Crippen LogP contribution is -2.17. The first-order valence-corrected chi connectivity index (χ1v) is 8.96. The Morgan fingerprint density at radius 2 is 2.00 bits per heavy atom. The number of rotatable bonds is 5. The molecule has 98 valence electrons. The van der Waals surface area contributed by atoms with Gasteiger partial charge in [0.2, 0.25) is 0 Å². The van der Waals surface area contributed by atoms with E-state index in [0.29, 0.717) is 13.0 Å². The third-order valence-electron chi connectivity index (χ3n) is 2.60. The van der Waals surface area contributed by atoms with E-state index in [1.807, 2.05) is 0 Å². The highest BCUT2D eigenvalue weighted by atomic mass is 28.3. The molecule has 0 aliphatic heterocycles. The number of hydrogen-bond donors (Lipinski definition) is 1.